The fourth-order valence-electron chi connectivity index (χ4n) is 2.03. The highest BCUT2D eigenvalue weighted by molar-refractivity contribution is 7.99. The highest BCUT2D eigenvalue weighted by Gasteiger charge is 2.25. The third-order valence-corrected chi connectivity index (χ3v) is 4.31. The molecule has 0 bridgehead atoms. The third kappa shape index (κ3) is 3.34. The van der Waals surface area contributed by atoms with Crippen molar-refractivity contribution in [3.63, 3.8) is 0 Å². The maximum absolute atomic E-state index is 11.5. The molecule has 0 saturated carbocycles. The molecule has 0 saturated heterocycles. The summed E-state index contributed by atoms with van der Waals surface area (Å²) >= 11 is 2.71. The fourth-order valence-corrected chi connectivity index (χ4v) is 3.07. The lowest BCUT2D eigenvalue weighted by atomic mass is 10.3. The number of anilines is 1. The molecule has 2 aromatic heterocycles. The van der Waals surface area contributed by atoms with E-state index >= 15 is 0 Å². The maximum atomic E-state index is 11.5. The van der Waals surface area contributed by atoms with Gasteiger partial charge in [-0.3, -0.25) is 4.79 Å². The molecule has 3 aromatic rings. The molecule has 0 unspecified atom stereocenters. The maximum Gasteiger partial charge on any atom is 0.393 e. The summed E-state index contributed by atoms with van der Waals surface area (Å²) in [6, 6.07) is 6.56. The third-order valence-electron chi connectivity index (χ3n) is 3.01. The van der Waals surface area contributed by atoms with Crippen LogP contribution in [0.1, 0.15) is 0 Å². The lowest BCUT2D eigenvalue weighted by Crippen LogP contribution is -2.13. The number of aromatic nitrogens is 2. The van der Waals surface area contributed by atoms with E-state index in [0.29, 0.717) is 22.2 Å². The minimum atomic E-state index is -0.529. The summed E-state index contributed by atoms with van der Waals surface area (Å²) in [5.74, 6) is 0.387. The second kappa shape index (κ2) is 6.89. The summed E-state index contributed by atoms with van der Waals surface area (Å²) in [5, 5.41) is 15.7. The van der Waals surface area contributed by atoms with Gasteiger partial charge in [-0.05, 0) is 35.4 Å². The minimum absolute atomic E-state index is 0.0639. The number of imidazole rings is 1. The quantitative estimate of drug-likeness (QED) is 0.532. The van der Waals surface area contributed by atoms with Crippen LogP contribution in [0.3, 0.4) is 0 Å². The molecule has 0 fully saturated rings. The van der Waals surface area contributed by atoms with Gasteiger partial charge in [-0.15, -0.1) is 0 Å². The van der Waals surface area contributed by atoms with Gasteiger partial charge in [0.05, 0.1) is 5.75 Å². The summed E-state index contributed by atoms with van der Waals surface area (Å²) < 4.78 is 6.91. The van der Waals surface area contributed by atoms with Crippen LogP contribution in [0.15, 0.2) is 35.8 Å². The first kappa shape index (κ1) is 16.3. The molecule has 2 heterocycles. The summed E-state index contributed by atoms with van der Waals surface area (Å²) in [6.45, 7) is 0. The second-order valence-corrected chi connectivity index (χ2v) is 6.40. The van der Waals surface area contributed by atoms with Crippen LogP contribution in [0.25, 0.3) is 4.96 Å². The predicted octanol–water partition coefficient (Wildman–Crippen LogP) is 3.40. The number of carbonyl (C=O) groups is 1. The normalized spacial score (nSPS) is 10.7. The van der Waals surface area contributed by atoms with E-state index in [1.54, 1.807) is 35.8 Å². The van der Waals surface area contributed by atoms with Gasteiger partial charge in [-0.25, -0.2) is 0 Å². The molecule has 0 atom stereocenters. The van der Waals surface area contributed by atoms with Crippen molar-refractivity contribution < 1.29 is 14.5 Å². The van der Waals surface area contributed by atoms with Crippen molar-refractivity contribution in [1.82, 2.24) is 9.38 Å². The Kier molecular flexibility index (Phi) is 4.67. The topological polar surface area (TPSA) is 98.8 Å². The lowest BCUT2D eigenvalue weighted by molar-refractivity contribution is -0.391. The Morgan fingerprint density at radius 1 is 1.46 bits per heavy atom. The molecule has 1 N–H and O–H groups in total. The highest BCUT2D eigenvalue weighted by atomic mass is 32.2. The van der Waals surface area contributed by atoms with Crippen molar-refractivity contribution in [1.29, 1.82) is 0 Å². The second-order valence-electron chi connectivity index (χ2n) is 4.66. The SMILES string of the molecule is CSCC(=O)Nc1ccc(Oc2nc3sccn3c2[N+](=O)[O-])cc1. The largest absolute Gasteiger partial charge is 0.433 e. The Labute approximate surface area is 144 Å². The van der Waals surface area contributed by atoms with Gasteiger partial charge in [0.15, 0.2) is 0 Å². The van der Waals surface area contributed by atoms with Gasteiger partial charge in [0.2, 0.25) is 5.91 Å². The summed E-state index contributed by atoms with van der Waals surface area (Å²) in [5.41, 5.74) is 0.627. The molecule has 1 aromatic carbocycles. The van der Waals surface area contributed by atoms with Gasteiger partial charge in [0, 0.05) is 11.1 Å². The molecule has 0 aliphatic carbocycles. The van der Waals surface area contributed by atoms with Gasteiger partial charge < -0.3 is 20.2 Å². The highest BCUT2D eigenvalue weighted by Crippen LogP contribution is 2.33. The Morgan fingerprint density at radius 2 is 2.21 bits per heavy atom. The zero-order chi connectivity index (χ0) is 17.1. The van der Waals surface area contributed by atoms with E-state index in [9.17, 15) is 14.9 Å². The van der Waals surface area contributed by atoms with Crippen LogP contribution in [-0.2, 0) is 4.79 Å². The first-order chi connectivity index (χ1) is 11.6. The Morgan fingerprint density at radius 3 is 2.88 bits per heavy atom. The summed E-state index contributed by atoms with van der Waals surface area (Å²) in [4.78, 5) is 26.9. The Bertz CT molecular complexity index is 888. The number of thioether (sulfide) groups is 1. The molecule has 3 rings (SSSR count). The van der Waals surface area contributed by atoms with E-state index in [4.69, 9.17) is 4.74 Å². The van der Waals surface area contributed by atoms with Crippen molar-refractivity contribution in [2.75, 3.05) is 17.3 Å². The van der Waals surface area contributed by atoms with Crippen molar-refractivity contribution in [3.8, 4) is 11.6 Å². The number of nitrogens with zero attached hydrogens (tertiary/aromatic N) is 3. The van der Waals surface area contributed by atoms with Crippen LogP contribution < -0.4 is 10.1 Å². The van der Waals surface area contributed by atoms with Gasteiger partial charge in [-0.1, -0.05) is 11.3 Å². The molecule has 24 heavy (non-hydrogen) atoms. The Hall–Kier alpha value is -2.59. The number of carbonyl (C=O) groups excluding carboxylic acids is 1. The van der Waals surface area contributed by atoms with Gasteiger partial charge in [0.1, 0.15) is 11.9 Å². The summed E-state index contributed by atoms with van der Waals surface area (Å²) in [7, 11) is 0. The van der Waals surface area contributed by atoms with Gasteiger partial charge in [-0.2, -0.15) is 21.1 Å². The molecule has 0 aliphatic rings. The van der Waals surface area contributed by atoms with Crippen molar-refractivity contribution in [2.24, 2.45) is 0 Å². The van der Waals surface area contributed by atoms with Crippen LogP contribution in [0, 0.1) is 10.1 Å². The van der Waals surface area contributed by atoms with Crippen LogP contribution in [0.2, 0.25) is 0 Å². The van der Waals surface area contributed by atoms with E-state index < -0.39 is 4.92 Å². The molecule has 0 spiro atoms. The van der Waals surface area contributed by atoms with Crippen LogP contribution in [0.4, 0.5) is 11.5 Å². The number of fused-ring (bicyclic) bond motifs is 1. The zero-order valence-electron chi connectivity index (χ0n) is 12.5. The number of nitrogens with one attached hydrogen (secondary N) is 1. The van der Waals surface area contributed by atoms with Gasteiger partial charge >= 0.3 is 11.7 Å². The molecule has 0 radical (unpaired) electrons. The number of rotatable bonds is 6. The van der Waals surface area contributed by atoms with Crippen molar-refractivity contribution >= 4 is 45.5 Å². The molecule has 8 nitrogen and oxygen atoms in total. The number of nitro groups is 1. The number of thiazole rings is 1. The average molecular weight is 364 g/mol. The number of amides is 1. The lowest BCUT2D eigenvalue weighted by Gasteiger charge is -2.06. The Balaban J connectivity index is 1.79. The zero-order valence-corrected chi connectivity index (χ0v) is 14.1. The van der Waals surface area contributed by atoms with Crippen LogP contribution in [0.5, 0.6) is 11.6 Å². The molecule has 124 valence electrons. The molecule has 10 heteroatoms. The van der Waals surface area contributed by atoms with E-state index in [1.807, 2.05) is 6.26 Å². The van der Waals surface area contributed by atoms with Crippen LogP contribution >= 0.6 is 23.1 Å². The molecular weight excluding hydrogens is 352 g/mol. The van der Waals surface area contributed by atoms with E-state index in [-0.39, 0.29) is 17.6 Å². The van der Waals surface area contributed by atoms with Gasteiger partial charge in [0.25, 0.3) is 4.96 Å². The smallest absolute Gasteiger partial charge is 0.393 e. The minimum Gasteiger partial charge on any atom is -0.433 e. The standard InChI is InChI=1S/C14H12N4O4S2/c1-23-8-11(19)15-9-2-4-10(5-3-9)22-12-13(18(20)21)17-6-7-24-14(17)16-12/h2-7H,8H2,1H3,(H,15,19). The fraction of sp³-hybridized carbons (Fsp3) is 0.143. The number of ether oxygens (including phenoxy) is 1. The molecule has 1 amide bonds. The van der Waals surface area contributed by atoms with Crippen molar-refractivity contribution in [2.45, 2.75) is 0 Å². The van der Waals surface area contributed by atoms with Crippen LogP contribution in [-0.4, -0.2) is 32.2 Å². The predicted molar refractivity (Wildman–Crippen MR) is 93.3 cm³/mol. The summed E-state index contributed by atoms with van der Waals surface area (Å²) in [6.07, 6.45) is 3.42. The first-order valence-electron chi connectivity index (χ1n) is 6.75. The number of benzene rings is 1. The molecular formula is C14H12N4O4S2. The van der Waals surface area contributed by atoms with Crippen molar-refractivity contribution in [3.05, 3.63) is 46.0 Å². The van der Waals surface area contributed by atoms with E-state index in [0.717, 1.165) is 0 Å². The number of hydrogen-bond acceptors (Lipinski definition) is 7. The average Bonchev–Trinajstić information content (AvgIpc) is 3.09. The monoisotopic (exact) mass is 364 g/mol. The van der Waals surface area contributed by atoms with E-state index in [2.05, 4.69) is 10.3 Å². The number of hydrogen-bond donors (Lipinski definition) is 1. The first-order valence-corrected chi connectivity index (χ1v) is 9.02. The molecule has 0 aliphatic heterocycles. The van der Waals surface area contributed by atoms with E-state index in [1.165, 1.54) is 27.5 Å².